The van der Waals surface area contributed by atoms with Gasteiger partial charge in [-0.3, -0.25) is 10.1 Å². The van der Waals surface area contributed by atoms with Crippen LogP contribution in [0.2, 0.25) is 0 Å². The van der Waals surface area contributed by atoms with E-state index in [0.29, 0.717) is 11.1 Å². The highest BCUT2D eigenvalue weighted by Gasteiger charge is 2.24. The van der Waals surface area contributed by atoms with Gasteiger partial charge in [-0.25, -0.2) is 14.6 Å². The summed E-state index contributed by atoms with van der Waals surface area (Å²) in [5.41, 5.74) is 1.14. The number of ether oxygens (including phenoxy) is 2. The number of benzene rings is 3. The summed E-state index contributed by atoms with van der Waals surface area (Å²) in [6.45, 7) is 0. The minimum absolute atomic E-state index is 0.0468. The Labute approximate surface area is 190 Å². The van der Waals surface area contributed by atoms with Crippen molar-refractivity contribution in [2.24, 2.45) is 4.99 Å². The van der Waals surface area contributed by atoms with Gasteiger partial charge in [0.15, 0.2) is 5.70 Å². The molecule has 32 heavy (non-hydrogen) atoms. The largest absolute Gasteiger partial charge is 0.423 e. The number of nitro groups is 1. The van der Waals surface area contributed by atoms with Gasteiger partial charge in [0.1, 0.15) is 5.75 Å². The summed E-state index contributed by atoms with van der Waals surface area (Å²) < 4.78 is 11.4. The number of esters is 2. The van der Waals surface area contributed by atoms with Crippen molar-refractivity contribution < 1.29 is 24.0 Å². The topological polar surface area (TPSA) is 108 Å². The summed E-state index contributed by atoms with van der Waals surface area (Å²) in [5.74, 6) is -0.943. The molecule has 1 heterocycles. The molecule has 0 aromatic heterocycles. The van der Waals surface area contributed by atoms with Crippen molar-refractivity contribution in [2.45, 2.75) is 0 Å². The summed E-state index contributed by atoms with van der Waals surface area (Å²) >= 11 is 3.36. The Morgan fingerprint density at radius 1 is 1.06 bits per heavy atom. The summed E-state index contributed by atoms with van der Waals surface area (Å²) in [7, 11) is 0. The molecule has 0 unspecified atom stereocenters. The molecule has 0 bridgehead atoms. The van der Waals surface area contributed by atoms with Crippen molar-refractivity contribution in [2.75, 3.05) is 0 Å². The van der Waals surface area contributed by atoms with E-state index in [2.05, 4.69) is 20.9 Å². The van der Waals surface area contributed by atoms with Crippen molar-refractivity contribution in [3.8, 4) is 5.75 Å². The van der Waals surface area contributed by atoms with E-state index in [-0.39, 0.29) is 28.6 Å². The second-order valence-corrected chi connectivity index (χ2v) is 7.53. The number of carbonyl (C=O) groups excluding carboxylic acids is 2. The zero-order valence-electron chi connectivity index (χ0n) is 16.2. The molecule has 0 amide bonds. The van der Waals surface area contributed by atoms with Gasteiger partial charge >= 0.3 is 11.9 Å². The number of hydrogen-bond acceptors (Lipinski definition) is 7. The average Bonchev–Trinajstić information content (AvgIpc) is 3.14. The fraction of sp³-hybridized carbons (Fsp3) is 0. The number of halogens is 1. The van der Waals surface area contributed by atoms with E-state index < -0.39 is 16.9 Å². The van der Waals surface area contributed by atoms with Crippen LogP contribution in [0, 0.1) is 10.1 Å². The molecule has 9 heteroatoms. The lowest BCUT2D eigenvalue weighted by Gasteiger charge is -2.05. The van der Waals surface area contributed by atoms with E-state index in [1.54, 1.807) is 42.5 Å². The molecule has 0 saturated heterocycles. The molecule has 158 valence electrons. The smallest absolute Gasteiger partial charge is 0.363 e. The number of nitrogens with zero attached hydrogens (tertiary/aromatic N) is 2. The van der Waals surface area contributed by atoms with E-state index in [9.17, 15) is 19.7 Å². The summed E-state index contributed by atoms with van der Waals surface area (Å²) in [5, 5.41) is 10.9. The Morgan fingerprint density at radius 2 is 1.84 bits per heavy atom. The first-order valence-electron chi connectivity index (χ1n) is 9.24. The summed E-state index contributed by atoms with van der Waals surface area (Å²) in [4.78, 5) is 39.1. The van der Waals surface area contributed by atoms with E-state index in [4.69, 9.17) is 9.47 Å². The summed E-state index contributed by atoms with van der Waals surface area (Å²) in [6, 6.07) is 18.9. The first-order valence-corrected chi connectivity index (χ1v) is 10.0. The van der Waals surface area contributed by atoms with Crippen LogP contribution in [0.5, 0.6) is 5.75 Å². The quantitative estimate of drug-likeness (QED) is 0.164. The van der Waals surface area contributed by atoms with Crippen LogP contribution >= 0.6 is 15.9 Å². The fourth-order valence-electron chi connectivity index (χ4n) is 2.89. The fourth-order valence-corrected chi connectivity index (χ4v) is 3.29. The Bertz CT molecular complexity index is 1320. The maximum Gasteiger partial charge on any atom is 0.363 e. The minimum atomic E-state index is -0.742. The third kappa shape index (κ3) is 4.79. The maximum atomic E-state index is 12.4. The number of nitro benzene ring substituents is 1. The highest BCUT2D eigenvalue weighted by Crippen LogP contribution is 2.23. The molecule has 3 aromatic carbocycles. The van der Waals surface area contributed by atoms with Crippen LogP contribution in [0.4, 0.5) is 5.69 Å². The van der Waals surface area contributed by atoms with Gasteiger partial charge in [-0.15, -0.1) is 0 Å². The van der Waals surface area contributed by atoms with E-state index in [0.717, 1.165) is 10.5 Å². The third-order valence-electron chi connectivity index (χ3n) is 4.36. The first-order chi connectivity index (χ1) is 15.4. The van der Waals surface area contributed by atoms with Crippen LogP contribution in [0.15, 0.2) is 88.0 Å². The van der Waals surface area contributed by atoms with Crippen LogP contribution in [-0.2, 0) is 9.53 Å². The third-order valence-corrected chi connectivity index (χ3v) is 4.85. The molecule has 0 radical (unpaired) electrons. The van der Waals surface area contributed by atoms with Crippen molar-refractivity contribution in [1.82, 2.24) is 0 Å². The van der Waals surface area contributed by atoms with Gasteiger partial charge in [0.05, 0.1) is 10.5 Å². The Kier molecular flexibility index (Phi) is 5.91. The molecular weight excluding hydrogens is 480 g/mol. The second kappa shape index (κ2) is 8.94. The average molecular weight is 493 g/mol. The number of rotatable bonds is 5. The summed E-state index contributed by atoms with van der Waals surface area (Å²) in [6.07, 6.45) is 1.51. The molecule has 0 spiro atoms. The normalized spacial score (nSPS) is 14.1. The van der Waals surface area contributed by atoms with E-state index >= 15 is 0 Å². The van der Waals surface area contributed by atoms with Crippen LogP contribution in [0.1, 0.15) is 21.5 Å². The van der Waals surface area contributed by atoms with E-state index in [1.165, 1.54) is 24.3 Å². The van der Waals surface area contributed by atoms with Crippen molar-refractivity contribution in [3.05, 3.63) is 110 Å². The van der Waals surface area contributed by atoms with Gasteiger partial charge in [0, 0.05) is 22.2 Å². The Balaban J connectivity index is 1.55. The molecule has 0 fully saturated rings. The standard InChI is InChI=1S/C23H13BrN2O6/c24-17-7-2-5-15(12-17)21-25-20(23(28)32-21)11-14-4-1-9-19(10-14)31-22(27)16-6-3-8-18(13-16)26(29)30/h1-13H. The van der Waals surface area contributed by atoms with Gasteiger partial charge in [-0.2, -0.15) is 0 Å². The second-order valence-electron chi connectivity index (χ2n) is 6.62. The highest BCUT2D eigenvalue weighted by molar-refractivity contribution is 9.10. The monoisotopic (exact) mass is 492 g/mol. The predicted molar refractivity (Wildman–Crippen MR) is 119 cm³/mol. The number of cyclic esters (lactones) is 1. The molecule has 1 aliphatic rings. The maximum absolute atomic E-state index is 12.4. The van der Waals surface area contributed by atoms with Gasteiger partial charge in [-0.1, -0.05) is 40.2 Å². The zero-order chi connectivity index (χ0) is 22.7. The molecule has 3 aromatic rings. The molecule has 8 nitrogen and oxygen atoms in total. The predicted octanol–water partition coefficient (Wildman–Crippen LogP) is 4.92. The van der Waals surface area contributed by atoms with E-state index in [1.807, 2.05) is 6.07 Å². The van der Waals surface area contributed by atoms with Gasteiger partial charge in [-0.05, 0) is 48.0 Å². The minimum Gasteiger partial charge on any atom is -0.423 e. The molecule has 4 rings (SSSR count). The van der Waals surface area contributed by atoms with Gasteiger partial charge < -0.3 is 9.47 Å². The van der Waals surface area contributed by atoms with Crippen molar-refractivity contribution in [1.29, 1.82) is 0 Å². The van der Waals surface area contributed by atoms with Crippen LogP contribution < -0.4 is 4.74 Å². The Morgan fingerprint density at radius 3 is 2.62 bits per heavy atom. The molecule has 0 atom stereocenters. The molecule has 0 saturated carbocycles. The molecule has 0 N–H and O–H groups in total. The number of carbonyl (C=O) groups is 2. The molecule has 1 aliphatic heterocycles. The SMILES string of the molecule is O=C1OC(c2cccc(Br)c2)=NC1=Cc1cccc(OC(=O)c2cccc([N+](=O)[O-])c2)c1. The van der Waals surface area contributed by atoms with Crippen LogP contribution in [-0.4, -0.2) is 22.8 Å². The molecule has 0 aliphatic carbocycles. The highest BCUT2D eigenvalue weighted by atomic mass is 79.9. The lowest BCUT2D eigenvalue weighted by molar-refractivity contribution is -0.384. The number of aliphatic imine (C=N–C) groups is 1. The van der Waals surface area contributed by atoms with Crippen molar-refractivity contribution >= 4 is 45.5 Å². The zero-order valence-corrected chi connectivity index (χ0v) is 17.8. The van der Waals surface area contributed by atoms with Crippen LogP contribution in [0.3, 0.4) is 0 Å². The van der Waals surface area contributed by atoms with Crippen molar-refractivity contribution in [3.63, 3.8) is 0 Å². The number of non-ortho nitro benzene ring substituents is 1. The molecular formula is C23H13BrN2O6. The van der Waals surface area contributed by atoms with Gasteiger partial charge in [0.2, 0.25) is 5.90 Å². The Hall–Kier alpha value is -4.11. The number of hydrogen-bond donors (Lipinski definition) is 0. The van der Waals surface area contributed by atoms with Gasteiger partial charge in [0.25, 0.3) is 5.69 Å². The lowest BCUT2D eigenvalue weighted by atomic mass is 10.1. The lowest BCUT2D eigenvalue weighted by Crippen LogP contribution is -2.08. The first kappa shape index (κ1) is 21.1. The van der Waals surface area contributed by atoms with Crippen LogP contribution in [0.25, 0.3) is 6.08 Å².